The summed E-state index contributed by atoms with van der Waals surface area (Å²) in [7, 11) is 0. The fourth-order valence-electron chi connectivity index (χ4n) is 4.71. The van der Waals surface area contributed by atoms with E-state index >= 15 is 0 Å². The second-order valence-electron chi connectivity index (χ2n) is 8.30. The number of rotatable bonds is 4. The van der Waals surface area contributed by atoms with Crippen LogP contribution in [-0.4, -0.2) is 50.3 Å². The number of carbonyl (C=O) groups is 1. The normalized spacial score (nSPS) is 15.1. The molecule has 2 aliphatic heterocycles. The summed E-state index contributed by atoms with van der Waals surface area (Å²) in [4.78, 5) is 22.1. The lowest BCUT2D eigenvalue weighted by molar-refractivity contribution is 0.0519. The summed E-state index contributed by atoms with van der Waals surface area (Å²) in [6.45, 7) is 9.01. The fourth-order valence-corrected chi connectivity index (χ4v) is 4.71. The molecular formula is C27H31N5O2. The number of hydrogen-bond acceptors (Lipinski definition) is 7. The molecule has 34 heavy (non-hydrogen) atoms. The first-order valence-electron chi connectivity index (χ1n) is 11.8. The molecule has 0 bridgehead atoms. The molecule has 2 aromatic carbocycles. The van der Waals surface area contributed by atoms with E-state index in [9.17, 15) is 4.79 Å². The Morgan fingerprint density at radius 1 is 1.09 bits per heavy atom. The molecule has 1 fully saturated rings. The molecule has 7 heteroatoms. The number of piperazine rings is 1. The van der Waals surface area contributed by atoms with Crippen molar-refractivity contribution in [1.29, 1.82) is 5.26 Å². The third-order valence-corrected chi connectivity index (χ3v) is 6.21. The Morgan fingerprint density at radius 3 is 2.59 bits per heavy atom. The molecule has 0 spiro atoms. The van der Waals surface area contributed by atoms with E-state index in [4.69, 9.17) is 15.0 Å². The maximum absolute atomic E-state index is 12.6. The topological polar surface area (TPSA) is 81.5 Å². The number of pyridine rings is 1. The molecule has 0 amide bonds. The highest BCUT2D eigenvalue weighted by Gasteiger charge is 2.27. The number of nitriles is 1. The standard InChI is InChI=1S/C25H28N4O2.C2H3N/c1-2-31-25(30)21-16-24(28-14-11-26-12-15-28)20-10-13-29(17-22(20)27-21)23-9-5-7-18-6-3-4-8-19(18)23;1-2-3/h3-9,16,26H,2,10-15,17H2,1H3;1H3. The number of benzene rings is 2. The van der Waals surface area contributed by atoms with Gasteiger partial charge in [-0.05, 0) is 30.9 Å². The Kier molecular flexibility index (Phi) is 7.61. The van der Waals surface area contributed by atoms with Crippen molar-refractivity contribution in [3.63, 3.8) is 0 Å². The summed E-state index contributed by atoms with van der Waals surface area (Å²) in [6, 6.07) is 18.6. The summed E-state index contributed by atoms with van der Waals surface area (Å²) in [5, 5.41) is 13.2. The van der Waals surface area contributed by atoms with Crippen molar-refractivity contribution in [3.8, 4) is 6.07 Å². The average molecular weight is 458 g/mol. The zero-order chi connectivity index (χ0) is 23.9. The van der Waals surface area contributed by atoms with Crippen molar-refractivity contribution in [2.24, 2.45) is 0 Å². The molecule has 3 aromatic rings. The summed E-state index contributed by atoms with van der Waals surface area (Å²) >= 11 is 0. The van der Waals surface area contributed by atoms with E-state index in [0.29, 0.717) is 18.8 Å². The number of nitrogens with one attached hydrogen (secondary N) is 1. The van der Waals surface area contributed by atoms with Gasteiger partial charge in [0.05, 0.1) is 24.9 Å². The molecule has 5 rings (SSSR count). The number of hydrogen-bond donors (Lipinski definition) is 1. The van der Waals surface area contributed by atoms with Gasteiger partial charge >= 0.3 is 5.97 Å². The van der Waals surface area contributed by atoms with Crippen LogP contribution in [0.1, 0.15) is 35.6 Å². The van der Waals surface area contributed by atoms with Gasteiger partial charge in [-0.3, -0.25) is 0 Å². The lowest BCUT2D eigenvalue weighted by atomic mass is 9.99. The number of aromatic nitrogens is 1. The maximum Gasteiger partial charge on any atom is 0.356 e. The zero-order valence-corrected chi connectivity index (χ0v) is 19.9. The minimum absolute atomic E-state index is 0.344. The smallest absolute Gasteiger partial charge is 0.356 e. The van der Waals surface area contributed by atoms with E-state index < -0.39 is 0 Å². The van der Waals surface area contributed by atoms with E-state index in [1.807, 2.05) is 13.0 Å². The lowest BCUT2D eigenvalue weighted by Gasteiger charge is -2.36. The summed E-state index contributed by atoms with van der Waals surface area (Å²) in [6.07, 6.45) is 0.911. The molecule has 3 heterocycles. The lowest BCUT2D eigenvalue weighted by Crippen LogP contribution is -2.44. The molecule has 0 aliphatic carbocycles. The van der Waals surface area contributed by atoms with E-state index in [-0.39, 0.29) is 5.97 Å². The highest BCUT2D eigenvalue weighted by Crippen LogP contribution is 2.34. The van der Waals surface area contributed by atoms with Crippen LogP contribution in [-0.2, 0) is 17.7 Å². The van der Waals surface area contributed by atoms with E-state index in [1.54, 1.807) is 6.07 Å². The Balaban J connectivity index is 0.000000868. The van der Waals surface area contributed by atoms with Crippen molar-refractivity contribution in [1.82, 2.24) is 10.3 Å². The monoisotopic (exact) mass is 457 g/mol. The Hall–Kier alpha value is -3.63. The third kappa shape index (κ3) is 4.97. The summed E-state index contributed by atoms with van der Waals surface area (Å²) in [5.74, 6) is -0.344. The SMILES string of the molecule is CC#N.CCOC(=O)c1cc(N2CCNCC2)c2c(n1)CN(c1cccc3ccccc13)CC2. The average Bonchev–Trinajstić information content (AvgIpc) is 2.88. The highest BCUT2D eigenvalue weighted by atomic mass is 16.5. The van der Waals surface area contributed by atoms with Gasteiger partial charge in [-0.2, -0.15) is 5.26 Å². The van der Waals surface area contributed by atoms with E-state index in [2.05, 4.69) is 57.6 Å². The predicted octanol–water partition coefficient (Wildman–Crippen LogP) is 3.91. The third-order valence-electron chi connectivity index (χ3n) is 6.21. The van der Waals surface area contributed by atoms with E-state index in [1.165, 1.54) is 28.9 Å². The van der Waals surface area contributed by atoms with Gasteiger partial charge in [0.2, 0.25) is 0 Å². The first-order valence-corrected chi connectivity index (χ1v) is 11.8. The number of fused-ring (bicyclic) bond motifs is 2. The minimum atomic E-state index is -0.344. The second kappa shape index (κ2) is 11.0. The minimum Gasteiger partial charge on any atom is -0.461 e. The van der Waals surface area contributed by atoms with Gasteiger partial charge in [0.25, 0.3) is 0 Å². The summed E-state index contributed by atoms with van der Waals surface area (Å²) < 4.78 is 5.28. The number of ether oxygens (including phenoxy) is 1. The Bertz CT molecular complexity index is 1190. The van der Waals surface area contributed by atoms with E-state index in [0.717, 1.165) is 50.5 Å². The molecule has 176 valence electrons. The number of nitrogens with zero attached hydrogens (tertiary/aromatic N) is 4. The summed E-state index contributed by atoms with van der Waals surface area (Å²) in [5.41, 5.74) is 5.03. The van der Waals surface area contributed by atoms with Gasteiger partial charge in [0.15, 0.2) is 5.69 Å². The number of carbonyl (C=O) groups excluding carboxylic acids is 1. The predicted molar refractivity (Wildman–Crippen MR) is 135 cm³/mol. The Labute approximate surface area is 201 Å². The van der Waals surface area contributed by atoms with Gasteiger partial charge < -0.3 is 19.9 Å². The van der Waals surface area contributed by atoms with Crippen LogP contribution in [0.2, 0.25) is 0 Å². The van der Waals surface area contributed by atoms with Crippen molar-refractivity contribution in [2.75, 3.05) is 49.1 Å². The van der Waals surface area contributed by atoms with Crippen LogP contribution in [0.4, 0.5) is 11.4 Å². The maximum atomic E-state index is 12.6. The molecule has 1 N–H and O–H groups in total. The molecule has 2 aliphatic rings. The van der Waals surface area contributed by atoms with Crippen molar-refractivity contribution >= 4 is 28.1 Å². The molecule has 7 nitrogen and oxygen atoms in total. The van der Waals surface area contributed by atoms with Crippen LogP contribution in [0.15, 0.2) is 48.5 Å². The molecule has 0 saturated carbocycles. The molecule has 0 radical (unpaired) electrons. The first-order chi connectivity index (χ1) is 16.7. The van der Waals surface area contributed by atoms with Crippen molar-refractivity contribution in [2.45, 2.75) is 26.8 Å². The fraction of sp³-hybridized carbons (Fsp3) is 0.370. The molecule has 1 saturated heterocycles. The zero-order valence-electron chi connectivity index (χ0n) is 19.9. The van der Waals surface area contributed by atoms with Crippen LogP contribution in [0.5, 0.6) is 0 Å². The van der Waals surface area contributed by atoms with Crippen LogP contribution in [0, 0.1) is 11.3 Å². The number of esters is 1. The number of anilines is 2. The van der Waals surface area contributed by atoms with Gasteiger partial charge in [0, 0.05) is 62.0 Å². The van der Waals surface area contributed by atoms with Crippen LogP contribution >= 0.6 is 0 Å². The molecule has 0 unspecified atom stereocenters. The largest absolute Gasteiger partial charge is 0.461 e. The van der Waals surface area contributed by atoms with Crippen LogP contribution in [0.25, 0.3) is 10.8 Å². The first kappa shape index (κ1) is 23.5. The van der Waals surface area contributed by atoms with Gasteiger partial charge in [0.1, 0.15) is 0 Å². The molecule has 0 atom stereocenters. The van der Waals surface area contributed by atoms with Gasteiger partial charge in [-0.25, -0.2) is 9.78 Å². The second-order valence-corrected chi connectivity index (χ2v) is 8.30. The quantitative estimate of drug-likeness (QED) is 0.595. The highest BCUT2D eigenvalue weighted by molar-refractivity contribution is 5.94. The van der Waals surface area contributed by atoms with Crippen molar-refractivity contribution in [3.05, 3.63) is 65.5 Å². The molecule has 1 aromatic heterocycles. The van der Waals surface area contributed by atoms with Crippen molar-refractivity contribution < 1.29 is 9.53 Å². The molecular weight excluding hydrogens is 426 g/mol. The van der Waals surface area contributed by atoms with Gasteiger partial charge in [-0.15, -0.1) is 0 Å². The van der Waals surface area contributed by atoms with Crippen LogP contribution < -0.4 is 15.1 Å². The van der Waals surface area contributed by atoms with Crippen LogP contribution in [0.3, 0.4) is 0 Å². The van der Waals surface area contributed by atoms with Gasteiger partial charge in [-0.1, -0.05) is 36.4 Å². The Morgan fingerprint density at radius 2 is 1.82 bits per heavy atom.